The Balaban J connectivity index is 1.66. The Morgan fingerprint density at radius 3 is 2.85 bits per heavy atom. The first kappa shape index (κ1) is 23.0. The molecule has 1 saturated heterocycles. The molecule has 176 valence electrons. The minimum Gasteiger partial charge on any atom is -0.467 e. The largest absolute Gasteiger partial charge is 0.467 e. The molecular formula is C24H28FN3O5. The molecule has 2 unspecified atom stereocenters. The summed E-state index contributed by atoms with van der Waals surface area (Å²) < 4.78 is 30.4. The molecule has 2 aliphatic rings. The average Bonchev–Trinajstić information content (AvgIpc) is 3.48. The van der Waals surface area contributed by atoms with Crippen LogP contribution < -0.4 is 10.6 Å². The van der Waals surface area contributed by atoms with Gasteiger partial charge < -0.3 is 24.5 Å². The molecule has 9 heteroatoms. The molecule has 2 aliphatic heterocycles. The van der Waals surface area contributed by atoms with E-state index in [1.165, 1.54) is 18.4 Å². The number of hydrogen-bond acceptors (Lipinski definition) is 6. The number of rotatable bonds is 9. The number of benzene rings is 1. The number of hydrogen-bond donors (Lipinski definition) is 2. The fourth-order valence-electron chi connectivity index (χ4n) is 4.24. The van der Waals surface area contributed by atoms with Crippen LogP contribution in [0.5, 0.6) is 0 Å². The van der Waals surface area contributed by atoms with Gasteiger partial charge in [-0.05, 0) is 49.6 Å². The van der Waals surface area contributed by atoms with Gasteiger partial charge in [-0.15, -0.1) is 0 Å². The van der Waals surface area contributed by atoms with Gasteiger partial charge in [-0.3, -0.25) is 4.90 Å². The summed E-state index contributed by atoms with van der Waals surface area (Å²) in [6.45, 7) is 3.86. The fourth-order valence-corrected chi connectivity index (χ4v) is 4.24. The molecule has 0 aliphatic carbocycles. The topological polar surface area (TPSA) is 93.0 Å². The number of carbonyl (C=O) groups is 2. The summed E-state index contributed by atoms with van der Waals surface area (Å²) in [4.78, 5) is 27.5. The summed E-state index contributed by atoms with van der Waals surface area (Å²) in [5.74, 6) is -0.422. The van der Waals surface area contributed by atoms with E-state index in [4.69, 9.17) is 13.9 Å². The highest BCUT2D eigenvalue weighted by molar-refractivity contribution is 5.95. The van der Waals surface area contributed by atoms with Crippen molar-refractivity contribution in [2.24, 2.45) is 0 Å². The lowest BCUT2D eigenvalue weighted by Gasteiger charge is -2.32. The quantitative estimate of drug-likeness (QED) is 0.562. The average molecular weight is 458 g/mol. The smallest absolute Gasteiger partial charge is 0.338 e. The predicted octanol–water partition coefficient (Wildman–Crippen LogP) is 3.27. The molecule has 0 bridgehead atoms. The first-order chi connectivity index (χ1) is 16.0. The van der Waals surface area contributed by atoms with E-state index in [0.29, 0.717) is 31.2 Å². The maximum atomic E-state index is 13.8. The van der Waals surface area contributed by atoms with E-state index in [1.807, 2.05) is 11.0 Å². The lowest BCUT2D eigenvalue weighted by molar-refractivity contribution is -0.139. The molecule has 3 heterocycles. The molecule has 2 N–H and O–H groups in total. The number of amides is 2. The first-order valence-electron chi connectivity index (χ1n) is 11.1. The second-order valence-corrected chi connectivity index (χ2v) is 8.09. The molecule has 1 aromatic carbocycles. The van der Waals surface area contributed by atoms with E-state index in [2.05, 4.69) is 10.6 Å². The number of furan rings is 1. The van der Waals surface area contributed by atoms with Gasteiger partial charge in [0.15, 0.2) is 0 Å². The minimum absolute atomic E-state index is 0.0310. The SMILES string of the molecule is CCOC(=O)C1=C(CN(Cc2cccc(F)c2)CC2CCCO2)NC(=O)NC1c1ccco1. The Kier molecular flexibility index (Phi) is 7.41. The number of ether oxygens (including phenoxy) is 2. The van der Waals surface area contributed by atoms with Crippen LogP contribution in [-0.4, -0.2) is 49.3 Å². The molecule has 2 amide bonds. The van der Waals surface area contributed by atoms with Crippen molar-refractivity contribution in [3.05, 3.63) is 71.1 Å². The van der Waals surface area contributed by atoms with Crippen LogP contribution in [0.15, 0.2) is 58.3 Å². The van der Waals surface area contributed by atoms with Crippen LogP contribution in [0, 0.1) is 5.82 Å². The van der Waals surface area contributed by atoms with E-state index in [9.17, 15) is 14.0 Å². The van der Waals surface area contributed by atoms with Crippen molar-refractivity contribution in [1.29, 1.82) is 0 Å². The molecule has 1 aromatic heterocycles. The zero-order valence-corrected chi connectivity index (χ0v) is 18.5. The van der Waals surface area contributed by atoms with Crippen LogP contribution in [0.3, 0.4) is 0 Å². The highest BCUT2D eigenvalue weighted by atomic mass is 19.1. The van der Waals surface area contributed by atoms with Crippen molar-refractivity contribution in [1.82, 2.24) is 15.5 Å². The summed E-state index contributed by atoms with van der Waals surface area (Å²) in [5.41, 5.74) is 1.49. The third-order valence-corrected chi connectivity index (χ3v) is 5.64. The molecule has 0 spiro atoms. The van der Waals surface area contributed by atoms with Crippen molar-refractivity contribution in [2.75, 3.05) is 26.3 Å². The molecular weight excluding hydrogens is 429 g/mol. The van der Waals surface area contributed by atoms with Crippen LogP contribution >= 0.6 is 0 Å². The van der Waals surface area contributed by atoms with Crippen molar-refractivity contribution in [3.63, 3.8) is 0 Å². The number of nitrogens with zero attached hydrogens (tertiary/aromatic N) is 1. The Morgan fingerprint density at radius 2 is 2.15 bits per heavy atom. The highest BCUT2D eigenvalue weighted by Gasteiger charge is 2.36. The maximum Gasteiger partial charge on any atom is 0.338 e. The first-order valence-corrected chi connectivity index (χ1v) is 11.1. The molecule has 1 fully saturated rings. The van der Waals surface area contributed by atoms with Gasteiger partial charge in [0.25, 0.3) is 0 Å². The normalized spacial score (nSPS) is 20.6. The van der Waals surface area contributed by atoms with E-state index < -0.39 is 18.0 Å². The number of urea groups is 1. The summed E-state index contributed by atoms with van der Waals surface area (Å²) in [6.07, 6.45) is 3.42. The molecule has 4 rings (SSSR count). The number of carbonyl (C=O) groups excluding carboxylic acids is 2. The monoisotopic (exact) mass is 457 g/mol. The van der Waals surface area contributed by atoms with Crippen LogP contribution in [0.2, 0.25) is 0 Å². The van der Waals surface area contributed by atoms with Crippen LogP contribution in [0.4, 0.5) is 9.18 Å². The van der Waals surface area contributed by atoms with Gasteiger partial charge in [-0.25, -0.2) is 14.0 Å². The fraction of sp³-hybridized carbons (Fsp3) is 0.417. The van der Waals surface area contributed by atoms with Gasteiger partial charge in [0.05, 0.1) is 24.5 Å². The predicted molar refractivity (Wildman–Crippen MR) is 117 cm³/mol. The summed E-state index contributed by atoms with van der Waals surface area (Å²) in [7, 11) is 0. The van der Waals surface area contributed by atoms with Gasteiger partial charge >= 0.3 is 12.0 Å². The Bertz CT molecular complexity index is 1000. The van der Waals surface area contributed by atoms with Gasteiger partial charge in [-0.2, -0.15) is 0 Å². The van der Waals surface area contributed by atoms with Crippen molar-refractivity contribution < 1.29 is 27.9 Å². The molecule has 0 saturated carbocycles. The Hall–Kier alpha value is -3.17. The zero-order valence-electron chi connectivity index (χ0n) is 18.5. The van der Waals surface area contributed by atoms with Crippen molar-refractivity contribution in [3.8, 4) is 0 Å². The maximum absolute atomic E-state index is 13.8. The van der Waals surface area contributed by atoms with E-state index in [0.717, 1.165) is 18.4 Å². The minimum atomic E-state index is -0.776. The van der Waals surface area contributed by atoms with E-state index in [1.54, 1.807) is 25.1 Å². The van der Waals surface area contributed by atoms with Crippen LogP contribution in [0.1, 0.15) is 37.1 Å². The van der Waals surface area contributed by atoms with Gasteiger partial charge in [-0.1, -0.05) is 12.1 Å². The molecule has 33 heavy (non-hydrogen) atoms. The standard InChI is InChI=1S/C24H28FN3O5/c1-2-31-23(29)21-19(26-24(30)27-22(21)20-9-5-11-33-20)15-28(14-18-8-4-10-32-18)13-16-6-3-7-17(25)12-16/h3,5-7,9,11-12,18,22H,2,4,8,10,13-15H2,1H3,(H2,26,27,30). The Morgan fingerprint density at radius 1 is 1.27 bits per heavy atom. The van der Waals surface area contributed by atoms with E-state index in [-0.39, 0.29) is 30.6 Å². The van der Waals surface area contributed by atoms with Gasteiger partial charge in [0, 0.05) is 31.9 Å². The van der Waals surface area contributed by atoms with Gasteiger partial charge in [0.1, 0.15) is 17.6 Å². The highest BCUT2D eigenvalue weighted by Crippen LogP contribution is 2.29. The lowest BCUT2D eigenvalue weighted by atomic mass is 9.99. The van der Waals surface area contributed by atoms with Crippen molar-refractivity contribution >= 4 is 12.0 Å². The lowest BCUT2D eigenvalue weighted by Crippen LogP contribution is -2.49. The third kappa shape index (κ3) is 5.80. The number of halogens is 1. The van der Waals surface area contributed by atoms with Crippen LogP contribution in [0.25, 0.3) is 0 Å². The van der Waals surface area contributed by atoms with Crippen LogP contribution in [-0.2, 0) is 20.8 Å². The molecule has 0 radical (unpaired) electrons. The summed E-state index contributed by atoms with van der Waals surface area (Å²) >= 11 is 0. The summed E-state index contributed by atoms with van der Waals surface area (Å²) in [6, 6.07) is 8.57. The number of nitrogens with one attached hydrogen (secondary N) is 2. The molecule has 2 atom stereocenters. The van der Waals surface area contributed by atoms with Crippen molar-refractivity contribution in [2.45, 2.75) is 38.5 Å². The van der Waals surface area contributed by atoms with Gasteiger partial charge in [0.2, 0.25) is 0 Å². The second-order valence-electron chi connectivity index (χ2n) is 8.09. The zero-order chi connectivity index (χ0) is 23.2. The molecule has 2 aromatic rings. The number of esters is 1. The summed E-state index contributed by atoms with van der Waals surface area (Å²) in [5, 5.41) is 5.53. The molecule has 8 nitrogen and oxygen atoms in total. The third-order valence-electron chi connectivity index (χ3n) is 5.64. The Labute approximate surface area is 191 Å². The second kappa shape index (κ2) is 10.6. The van der Waals surface area contributed by atoms with E-state index >= 15 is 0 Å².